The summed E-state index contributed by atoms with van der Waals surface area (Å²) in [4.78, 5) is 26.2. The fraction of sp³-hybridized carbons (Fsp3) is 0.263. The maximum Gasteiger partial charge on any atom is 0.355 e. The van der Waals surface area contributed by atoms with Gasteiger partial charge in [0.1, 0.15) is 12.4 Å². The van der Waals surface area contributed by atoms with Crippen molar-refractivity contribution in [2.24, 2.45) is 0 Å². The van der Waals surface area contributed by atoms with Gasteiger partial charge in [0.2, 0.25) is 0 Å². The Bertz CT molecular complexity index is 855. The summed E-state index contributed by atoms with van der Waals surface area (Å²) in [5.41, 5.74) is 2.91. The van der Waals surface area contributed by atoms with E-state index in [-0.39, 0.29) is 24.6 Å². The maximum absolute atomic E-state index is 12.4. The number of aromatic nitrogens is 1. The minimum atomic E-state index is -0.616. The number of nitrogens with zero attached hydrogens (tertiary/aromatic N) is 2. The molecule has 26 heavy (non-hydrogen) atoms. The van der Waals surface area contributed by atoms with Crippen molar-refractivity contribution in [3.63, 3.8) is 0 Å². The van der Waals surface area contributed by atoms with Crippen LogP contribution in [0.2, 0.25) is 0 Å². The lowest BCUT2D eigenvalue weighted by molar-refractivity contribution is -0.140. The van der Waals surface area contributed by atoms with Gasteiger partial charge in [-0.1, -0.05) is 6.07 Å². The molecule has 1 aliphatic heterocycles. The van der Waals surface area contributed by atoms with Crippen LogP contribution in [0.3, 0.4) is 0 Å². The van der Waals surface area contributed by atoms with Gasteiger partial charge < -0.3 is 23.7 Å². The summed E-state index contributed by atoms with van der Waals surface area (Å²) in [6.45, 7) is 2.07. The normalized spacial score (nSPS) is 14.3. The number of hydrogen-bond acceptors (Lipinski definition) is 6. The van der Waals surface area contributed by atoms with E-state index >= 15 is 0 Å². The molecule has 0 atom stereocenters. The zero-order chi connectivity index (χ0) is 18.7. The highest BCUT2D eigenvalue weighted by Crippen LogP contribution is 2.32. The predicted molar refractivity (Wildman–Crippen MR) is 94.9 cm³/mol. The Balaban J connectivity index is 2.14. The predicted octanol–water partition coefficient (Wildman–Crippen LogP) is 2.18. The van der Waals surface area contributed by atoms with Crippen LogP contribution < -0.4 is 4.90 Å². The fourth-order valence-electron chi connectivity index (χ4n) is 3.01. The summed E-state index contributed by atoms with van der Waals surface area (Å²) in [6.07, 6.45) is 3.88. The van der Waals surface area contributed by atoms with Gasteiger partial charge in [-0.05, 0) is 36.8 Å². The van der Waals surface area contributed by atoms with Crippen molar-refractivity contribution in [1.82, 2.24) is 4.57 Å². The van der Waals surface area contributed by atoms with E-state index in [1.165, 1.54) is 14.2 Å². The van der Waals surface area contributed by atoms with Crippen molar-refractivity contribution in [2.45, 2.75) is 6.92 Å². The highest BCUT2D eigenvalue weighted by Gasteiger charge is 2.33. The van der Waals surface area contributed by atoms with Crippen molar-refractivity contribution < 1.29 is 23.8 Å². The van der Waals surface area contributed by atoms with Crippen molar-refractivity contribution in [2.75, 3.05) is 32.5 Å². The Morgan fingerprint density at radius 1 is 1.00 bits per heavy atom. The number of benzene rings is 1. The third kappa shape index (κ3) is 3.09. The van der Waals surface area contributed by atoms with Crippen molar-refractivity contribution in [1.29, 1.82) is 0 Å². The molecule has 7 nitrogen and oxygen atoms in total. The number of carbonyl (C=O) groups is 2. The summed E-state index contributed by atoms with van der Waals surface area (Å²) in [5.74, 6) is -1.23. The minimum Gasteiger partial charge on any atom is -0.466 e. The van der Waals surface area contributed by atoms with Crippen LogP contribution in [0.1, 0.15) is 5.56 Å². The van der Waals surface area contributed by atoms with E-state index in [0.717, 1.165) is 16.9 Å². The lowest BCUT2D eigenvalue weighted by Crippen LogP contribution is -2.39. The molecule has 0 radical (unpaired) electrons. The molecule has 2 aromatic rings. The first-order valence-corrected chi connectivity index (χ1v) is 8.06. The zero-order valence-electron chi connectivity index (χ0n) is 14.9. The van der Waals surface area contributed by atoms with Gasteiger partial charge in [-0.2, -0.15) is 0 Å². The molecule has 1 aliphatic rings. The van der Waals surface area contributed by atoms with Crippen LogP contribution in [-0.2, 0) is 23.8 Å². The number of anilines is 1. The van der Waals surface area contributed by atoms with Crippen LogP contribution in [0.25, 0.3) is 5.69 Å². The van der Waals surface area contributed by atoms with Crippen molar-refractivity contribution in [3.05, 3.63) is 59.6 Å². The number of hydrogen-bond donors (Lipinski definition) is 0. The van der Waals surface area contributed by atoms with E-state index in [4.69, 9.17) is 14.2 Å². The van der Waals surface area contributed by atoms with E-state index in [1.807, 2.05) is 54.2 Å². The Morgan fingerprint density at radius 3 is 2.31 bits per heavy atom. The molecule has 0 spiro atoms. The number of methoxy groups -OCH3 is 2. The summed E-state index contributed by atoms with van der Waals surface area (Å²) in [7, 11) is 2.54. The lowest BCUT2D eigenvalue weighted by Gasteiger charge is -2.32. The second-order valence-corrected chi connectivity index (χ2v) is 5.73. The van der Waals surface area contributed by atoms with Gasteiger partial charge in [0.15, 0.2) is 0 Å². The van der Waals surface area contributed by atoms with Crippen LogP contribution in [-0.4, -0.2) is 44.1 Å². The molecule has 1 aromatic carbocycles. The highest BCUT2D eigenvalue weighted by molar-refractivity contribution is 6.03. The topological polar surface area (TPSA) is 70.0 Å². The third-order valence-electron chi connectivity index (χ3n) is 4.28. The smallest absolute Gasteiger partial charge is 0.355 e. The average Bonchev–Trinajstić information content (AvgIpc) is 3.21. The van der Waals surface area contributed by atoms with Crippen LogP contribution in [0.4, 0.5) is 5.69 Å². The molecule has 0 saturated carbocycles. The van der Waals surface area contributed by atoms with Gasteiger partial charge in [-0.15, -0.1) is 0 Å². The first-order chi connectivity index (χ1) is 12.6. The largest absolute Gasteiger partial charge is 0.466 e. The quantitative estimate of drug-likeness (QED) is 0.782. The van der Waals surface area contributed by atoms with Crippen LogP contribution >= 0.6 is 0 Å². The molecule has 0 bridgehead atoms. The summed E-state index contributed by atoms with van der Waals surface area (Å²) < 4.78 is 17.2. The average molecular weight is 356 g/mol. The summed E-state index contributed by atoms with van der Waals surface area (Å²) >= 11 is 0. The molecular formula is C19H20N2O5. The van der Waals surface area contributed by atoms with E-state index in [9.17, 15) is 9.59 Å². The Morgan fingerprint density at radius 2 is 1.65 bits per heavy atom. The number of carbonyl (C=O) groups excluding carboxylic acids is 2. The first kappa shape index (κ1) is 17.8. The molecule has 0 unspecified atom stereocenters. The van der Waals surface area contributed by atoms with Gasteiger partial charge in [-0.3, -0.25) is 0 Å². The van der Waals surface area contributed by atoms with E-state index in [2.05, 4.69) is 0 Å². The molecule has 0 saturated heterocycles. The minimum absolute atomic E-state index is 0.00997. The van der Waals surface area contributed by atoms with Crippen molar-refractivity contribution >= 4 is 17.6 Å². The molecule has 0 fully saturated rings. The SMILES string of the molecule is COC(=O)C1=C(C(=O)OC)N(c2cccc(-n3cccc3)c2C)COC1. The molecule has 1 aromatic heterocycles. The monoisotopic (exact) mass is 356 g/mol. The second-order valence-electron chi connectivity index (χ2n) is 5.73. The Hall–Kier alpha value is -3.06. The molecule has 0 amide bonds. The standard InChI is InChI=1S/C19H20N2O5/c1-13-15(20-9-4-5-10-20)7-6-8-16(13)21-12-26-11-14(18(22)24-2)17(21)19(23)25-3/h4-10H,11-12H2,1-3H3. The van der Waals surface area contributed by atoms with Gasteiger partial charge in [0.05, 0.1) is 26.4 Å². The molecular weight excluding hydrogens is 336 g/mol. The van der Waals surface area contributed by atoms with Crippen molar-refractivity contribution in [3.8, 4) is 5.69 Å². The fourth-order valence-corrected chi connectivity index (χ4v) is 3.01. The van der Waals surface area contributed by atoms with Crippen LogP contribution in [0.5, 0.6) is 0 Å². The van der Waals surface area contributed by atoms with E-state index < -0.39 is 11.9 Å². The third-order valence-corrected chi connectivity index (χ3v) is 4.28. The maximum atomic E-state index is 12.4. The molecule has 7 heteroatoms. The first-order valence-electron chi connectivity index (χ1n) is 8.06. The molecule has 2 heterocycles. The van der Waals surface area contributed by atoms with Crippen LogP contribution in [0.15, 0.2) is 54.0 Å². The molecule has 0 aliphatic carbocycles. The molecule has 3 rings (SSSR count). The van der Waals surface area contributed by atoms with Gasteiger partial charge in [0, 0.05) is 23.8 Å². The Kier molecular flexibility index (Phi) is 5.09. The van der Waals surface area contributed by atoms with Crippen LogP contribution in [0, 0.1) is 6.92 Å². The zero-order valence-corrected chi connectivity index (χ0v) is 14.9. The van der Waals surface area contributed by atoms with E-state index in [0.29, 0.717) is 0 Å². The Labute approximate surface area is 151 Å². The number of ether oxygens (including phenoxy) is 3. The number of rotatable bonds is 4. The highest BCUT2D eigenvalue weighted by atomic mass is 16.5. The molecule has 136 valence electrons. The van der Waals surface area contributed by atoms with Gasteiger partial charge in [0.25, 0.3) is 0 Å². The molecule has 0 N–H and O–H groups in total. The van der Waals surface area contributed by atoms with E-state index in [1.54, 1.807) is 4.90 Å². The lowest BCUT2D eigenvalue weighted by atomic mass is 10.1. The van der Waals surface area contributed by atoms with Gasteiger partial charge >= 0.3 is 11.9 Å². The van der Waals surface area contributed by atoms with Gasteiger partial charge in [-0.25, -0.2) is 9.59 Å². The second kappa shape index (κ2) is 7.45. The number of esters is 2. The summed E-state index contributed by atoms with van der Waals surface area (Å²) in [5, 5.41) is 0. The summed E-state index contributed by atoms with van der Waals surface area (Å²) in [6, 6.07) is 9.61.